The molecule has 8 rings (SSSR count). The molecule has 5 aromatic heterocycles. The monoisotopic (exact) mass is 768 g/mol. The number of fused-ring (bicyclic) bond motifs is 1. The van der Waals surface area contributed by atoms with Gasteiger partial charge < -0.3 is 16.0 Å². The number of aromatic nitrogens is 9. The lowest BCUT2D eigenvalue weighted by molar-refractivity contribution is -0.137. The van der Waals surface area contributed by atoms with Crippen LogP contribution in [0, 0.1) is 28.6 Å². The van der Waals surface area contributed by atoms with Crippen molar-refractivity contribution in [3.8, 4) is 23.6 Å². The maximum absolute atomic E-state index is 12.5. The summed E-state index contributed by atoms with van der Waals surface area (Å²) in [5.74, 6) is 1.80. The number of nitriles is 2. The van der Waals surface area contributed by atoms with Crippen molar-refractivity contribution in [2.75, 3.05) is 48.7 Å². The zero-order chi connectivity index (χ0) is 39.7. The van der Waals surface area contributed by atoms with Crippen molar-refractivity contribution in [3.63, 3.8) is 0 Å². The number of imide groups is 1. The molecule has 4 N–H and O–H groups in total. The number of carbonyl (C=O) groups is 2. The number of nitrogens with one attached hydrogen (secondary N) is 2. The minimum atomic E-state index is -0.847. The molecule has 18 heteroatoms. The zero-order valence-corrected chi connectivity index (χ0v) is 32.0. The average molecular weight is 769 g/mol. The minimum Gasteiger partial charge on any atom is -0.383 e. The van der Waals surface area contributed by atoms with E-state index >= 15 is 0 Å². The third-order valence-corrected chi connectivity index (χ3v) is 11.7. The first-order chi connectivity index (χ1) is 27.6. The van der Waals surface area contributed by atoms with Gasteiger partial charge in [0.25, 0.3) is 0 Å². The summed E-state index contributed by atoms with van der Waals surface area (Å²) in [4.78, 5) is 47.2. The summed E-state index contributed by atoms with van der Waals surface area (Å²) >= 11 is 0. The van der Waals surface area contributed by atoms with Crippen molar-refractivity contribution in [2.45, 2.75) is 76.2 Å². The summed E-state index contributed by atoms with van der Waals surface area (Å²) in [7, 11) is 0. The van der Waals surface area contributed by atoms with Gasteiger partial charge in [0, 0.05) is 50.0 Å². The van der Waals surface area contributed by atoms with Crippen molar-refractivity contribution in [3.05, 3.63) is 60.1 Å². The second-order valence-electron chi connectivity index (χ2n) is 15.4. The van der Waals surface area contributed by atoms with Crippen LogP contribution in [0.2, 0.25) is 0 Å². The van der Waals surface area contributed by atoms with Crippen molar-refractivity contribution in [1.82, 2.24) is 54.9 Å². The number of piperazine rings is 1. The second kappa shape index (κ2) is 15.5. The van der Waals surface area contributed by atoms with Crippen LogP contribution in [0.15, 0.2) is 43.1 Å². The quantitative estimate of drug-likeness (QED) is 0.173. The Hall–Kier alpha value is -6.53. The largest absolute Gasteiger partial charge is 0.383 e. The van der Waals surface area contributed by atoms with E-state index in [2.05, 4.69) is 61.8 Å². The number of nitrogen functional groups attached to an aromatic ring is 1. The number of carbonyl (C=O) groups excluding carboxylic acids is 2. The molecule has 2 atom stereocenters. The van der Waals surface area contributed by atoms with Gasteiger partial charge in [0.1, 0.15) is 29.4 Å². The summed E-state index contributed by atoms with van der Waals surface area (Å²) < 4.78 is 3.26. The number of hydrogen-bond donors (Lipinski definition) is 3. The van der Waals surface area contributed by atoms with Crippen LogP contribution in [0.1, 0.15) is 81.7 Å². The van der Waals surface area contributed by atoms with E-state index in [0.717, 1.165) is 76.3 Å². The zero-order valence-electron chi connectivity index (χ0n) is 32.0. The van der Waals surface area contributed by atoms with E-state index in [1.165, 1.54) is 0 Å². The predicted octanol–water partition coefficient (Wildman–Crippen LogP) is 3.14. The maximum Gasteiger partial charge on any atom is 0.238 e. The number of nitrogens with two attached hydrogens (primary N) is 1. The van der Waals surface area contributed by atoms with E-state index in [9.17, 15) is 20.1 Å². The molecule has 0 bridgehead atoms. The Morgan fingerprint density at radius 1 is 1.02 bits per heavy atom. The Morgan fingerprint density at radius 2 is 1.81 bits per heavy atom. The Bertz CT molecular complexity index is 2380. The summed E-state index contributed by atoms with van der Waals surface area (Å²) in [5.41, 5.74) is 8.71. The molecule has 292 valence electrons. The lowest BCUT2D eigenvalue weighted by atomic mass is 9.79. The molecule has 2 saturated heterocycles. The fourth-order valence-electron chi connectivity index (χ4n) is 8.06. The van der Waals surface area contributed by atoms with Gasteiger partial charge in [-0.1, -0.05) is 5.21 Å². The van der Waals surface area contributed by atoms with Gasteiger partial charge in [-0.3, -0.25) is 24.8 Å². The van der Waals surface area contributed by atoms with Gasteiger partial charge in [0.15, 0.2) is 11.5 Å². The van der Waals surface area contributed by atoms with Crippen molar-refractivity contribution >= 4 is 40.2 Å². The molecule has 7 heterocycles. The highest BCUT2D eigenvalue weighted by atomic mass is 16.2. The number of anilines is 3. The molecule has 5 aromatic rings. The van der Waals surface area contributed by atoms with E-state index in [1.54, 1.807) is 53.2 Å². The van der Waals surface area contributed by atoms with E-state index in [1.807, 2.05) is 19.2 Å². The predicted molar refractivity (Wildman–Crippen MR) is 209 cm³/mol. The number of hydrogen-bond acceptors (Lipinski definition) is 15. The van der Waals surface area contributed by atoms with Crippen LogP contribution in [0.25, 0.3) is 22.5 Å². The summed E-state index contributed by atoms with van der Waals surface area (Å²) in [6, 6.07) is 7.21. The van der Waals surface area contributed by atoms with E-state index in [-0.39, 0.29) is 23.2 Å². The molecule has 3 aliphatic rings. The standard InChI is InChI=1S/C39H44N16O2/c1-24(17-40)47-29-16-33(55-37-28(19-46-55)15-27(18-41)36(42)49-37)44-20-31(29)54-23-30(50-51-54)26-5-3-25(4-6-26)8-10-52-11-13-53(14-12-52)34-22-43-32(21-45-34)39(2)9-7-35(56)48-38(39)57/h15-16,19-26H,3-14H2,1-2H3,(H2,42,49)(H,44,47)(H,48,56,57)/t24-,25?,26?,39-/m1/s1. The highest BCUT2D eigenvalue weighted by Crippen LogP contribution is 2.37. The Morgan fingerprint density at radius 3 is 2.53 bits per heavy atom. The van der Waals surface area contributed by atoms with Gasteiger partial charge in [-0.15, -0.1) is 5.10 Å². The average Bonchev–Trinajstić information content (AvgIpc) is 3.89. The molecular formula is C39H44N16O2. The molecule has 18 nitrogen and oxygen atoms in total. The molecule has 0 spiro atoms. The second-order valence-corrected chi connectivity index (χ2v) is 15.4. The number of rotatable bonds is 10. The SMILES string of the molecule is C[C@H](C#N)Nc1cc(-n2ncc3cc(C#N)c(N)nc32)ncc1-n1cc(C2CCC(CCN3CCN(c4cnc([C@@]5(C)CCC(=O)NC5=O)cn4)CC3)CC2)nn1. The minimum absolute atomic E-state index is 0.110. The van der Waals surface area contributed by atoms with Gasteiger partial charge in [-0.05, 0) is 70.9 Å². The first kappa shape index (κ1) is 37.4. The van der Waals surface area contributed by atoms with E-state index in [0.29, 0.717) is 58.6 Å². The van der Waals surface area contributed by atoms with Gasteiger partial charge in [-0.2, -0.15) is 20.3 Å². The highest BCUT2D eigenvalue weighted by Gasteiger charge is 2.41. The van der Waals surface area contributed by atoms with E-state index in [4.69, 9.17) is 5.73 Å². The third-order valence-electron chi connectivity index (χ3n) is 11.7. The van der Waals surface area contributed by atoms with Crippen LogP contribution in [0.4, 0.5) is 17.3 Å². The van der Waals surface area contributed by atoms with Crippen molar-refractivity contribution < 1.29 is 9.59 Å². The molecule has 1 aliphatic carbocycles. The van der Waals surface area contributed by atoms with Gasteiger partial charge in [0.05, 0.1) is 65.1 Å². The summed E-state index contributed by atoms with van der Waals surface area (Å²) in [5, 5.41) is 38.8. The summed E-state index contributed by atoms with van der Waals surface area (Å²) in [6.07, 6.45) is 14.9. The summed E-state index contributed by atoms with van der Waals surface area (Å²) in [6.45, 7) is 8.29. The molecular weight excluding hydrogens is 725 g/mol. The van der Waals surface area contributed by atoms with Crippen LogP contribution < -0.4 is 21.3 Å². The van der Waals surface area contributed by atoms with Crippen molar-refractivity contribution in [2.24, 2.45) is 5.92 Å². The Labute approximate surface area is 329 Å². The van der Waals surface area contributed by atoms with Crippen LogP contribution in [-0.4, -0.2) is 100 Å². The maximum atomic E-state index is 12.5. The van der Waals surface area contributed by atoms with Crippen LogP contribution >= 0.6 is 0 Å². The molecule has 0 unspecified atom stereocenters. The van der Waals surface area contributed by atoms with Crippen molar-refractivity contribution in [1.29, 1.82) is 10.5 Å². The normalized spacial score (nSPS) is 22.1. The molecule has 1 saturated carbocycles. The van der Waals surface area contributed by atoms with Crippen LogP contribution in [0.5, 0.6) is 0 Å². The first-order valence-electron chi connectivity index (χ1n) is 19.4. The molecule has 3 fully saturated rings. The lowest BCUT2D eigenvalue weighted by Crippen LogP contribution is -2.50. The Kier molecular flexibility index (Phi) is 10.2. The number of pyridine rings is 2. The number of nitrogens with zero attached hydrogens (tertiary/aromatic N) is 13. The van der Waals surface area contributed by atoms with Crippen LogP contribution in [-0.2, 0) is 15.0 Å². The topological polar surface area (TPSA) is 238 Å². The molecule has 0 radical (unpaired) electrons. The van der Waals surface area contributed by atoms with Gasteiger partial charge in [0.2, 0.25) is 11.8 Å². The highest BCUT2D eigenvalue weighted by molar-refractivity contribution is 6.03. The van der Waals surface area contributed by atoms with Crippen LogP contribution in [0.3, 0.4) is 0 Å². The van der Waals surface area contributed by atoms with Gasteiger partial charge in [-0.25, -0.2) is 19.6 Å². The molecule has 57 heavy (non-hydrogen) atoms. The first-order valence-corrected chi connectivity index (χ1v) is 19.4. The fraction of sp³-hybridized carbons (Fsp3) is 0.462. The molecule has 2 amide bonds. The molecule has 2 aliphatic heterocycles. The smallest absolute Gasteiger partial charge is 0.238 e. The fourth-order valence-corrected chi connectivity index (χ4v) is 8.06. The molecule has 0 aromatic carbocycles. The lowest BCUT2D eigenvalue weighted by Gasteiger charge is -2.37. The Balaban J connectivity index is 0.845. The number of amides is 2. The number of piperidine rings is 1. The van der Waals surface area contributed by atoms with E-state index < -0.39 is 11.5 Å². The third kappa shape index (κ3) is 7.56. The van der Waals surface area contributed by atoms with Gasteiger partial charge >= 0.3 is 0 Å².